The number of fused-ring (bicyclic) bond motifs is 1. The van der Waals surface area contributed by atoms with Crippen molar-refractivity contribution >= 4 is 62.0 Å². The van der Waals surface area contributed by atoms with Crippen molar-refractivity contribution in [2.45, 2.75) is 0 Å². The van der Waals surface area contributed by atoms with Crippen molar-refractivity contribution in [1.29, 1.82) is 0 Å². The fourth-order valence-corrected chi connectivity index (χ4v) is 3.05. The summed E-state index contributed by atoms with van der Waals surface area (Å²) in [5, 5.41) is 3.21. The minimum Gasteiger partial charge on any atom is -0.399 e. The highest BCUT2D eigenvalue weighted by atomic mass is 35.5. The summed E-state index contributed by atoms with van der Waals surface area (Å²) in [5.41, 5.74) is 9.62. The zero-order valence-electron chi connectivity index (χ0n) is 10.6. The van der Waals surface area contributed by atoms with E-state index >= 15 is 0 Å². The van der Waals surface area contributed by atoms with Crippen molar-refractivity contribution in [3.8, 4) is 0 Å². The average molecular weight is 338 g/mol. The molecule has 4 nitrogen and oxygen atoms in total. The number of aromatic nitrogens is 1. The highest BCUT2D eigenvalue weighted by molar-refractivity contribution is 7.16. The minimum absolute atomic E-state index is 0.183. The largest absolute Gasteiger partial charge is 0.399 e. The number of amides is 1. The molecule has 0 atom stereocenters. The van der Waals surface area contributed by atoms with Gasteiger partial charge in [0, 0.05) is 11.4 Å². The molecule has 0 radical (unpaired) electrons. The van der Waals surface area contributed by atoms with Crippen LogP contribution in [-0.4, -0.2) is 10.9 Å². The lowest BCUT2D eigenvalue weighted by Crippen LogP contribution is -2.13. The van der Waals surface area contributed by atoms with Crippen LogP contribution in [0.1, 0.15) is 10.4 Å². The number of rotatable bonds is 2. The van der Waals surface area contributed by atoms with Gasteiger partial charge in [-0.25, -0.2) is 4.98 Å². The molecule has 7 heteroatoms. The Balaban J connectivity index is 1.92. The summed E-state index contributed by atoms with van der Waals surface area (Å²) in [7, 11) is 0. The molecule has 3 N–H and O–H groups in total. The molecule has 2 aromatic carbocycles. The SMILES string of the molecule is Nc1cc(Cl)c(Cl)c(C(=O)Nc2ccc3ncsc3c2)c1. The Morgan fingerprint density at radius 1 is 1.24 bits per heavy atom. The van der Waals surface area contributed by atoms with Gasteiger partial charge >= 0.3 is 0 Å². The fraction of sp³-hybridized carbons (Fsp3) is 0. The lowest BCUT2D eigenvalue weighted by Gasteiger charge is -2.09. The normalized spacial score (nSPS) is 10.8. The van der Waals surface area contributed by atoms with Crippen molar-refractivity contribution < 1.29 is 4.79 Å². The van der Waals surface area contributed by atoms with Gasteiger partial charge < -0.3 is 11.1 Å². The first-order chi connectivity index (χ1) is 10.0. The number of nitrogens with one attached hydrogen (secondary N) is 1. The van der Waals surface area contributed by atoms with Gasteiger partial charge in [0.1, 0.15) is 0 Å². The molecule has 0 saturated heterocycles. The van der Waals surface area contributed by atoms with E-state index in [-0.39, 0.29) is 21.5 Å². The summed E-state index contributed by atoms with van der Waals surface area (Å²) in [4.78, 5) is 16.5. The third-order valence-corrected chi connectivity index (χ3v) is 4.48. The minimum atomic E-state index is -0.363. The number of carbonyl (C=O) groups excluding carboxylic acids is 1. The van der Waals surface area contributed by atoms with Crippen LogP contribution in [0.5, 0.6) is 0 Å². The van der Waals surface area contributed by atoms with Gasteiger partial charge in [-0.1, -0.05) is 23.2 Å². The van der Waals surface area contributed by atoms with E-state index in [1.54, 1.807) is 11.6 Å². The topological polar surface area (TPSA) is 68.0 Å². The number of hydrogen-bond donors (Lipinski definition) is 2. The van der Waals surface area contributed by atoms with Crippen molar-refractivity contribution in [1.82, 2.24) is 4.98 Å². The van der Waals surface area contributed by atoms with E-state index in [0.29, 0.717) is 11.4 Å². The lowest BCUT2D eigenvalue weighted by molar-refractivity contribution is 0.102. The van der Waals surface area contributed by atoms with E-state index in [1.807, 2.05) is 12.1 Å². The van der Waals surface area contributed by atoms with Gasteiger partial charge in [-0.05, 0) is 30.3 Å². The molecule has 0 aliphatic rings. The van der Waals surface area contributed by atoms with Gasteiger partial charge in [-0.3, -0.25) is 4.79 Å². The van der Waals surface area contributed by atoms with Gasteiger partial charge in [0.05, 0.1) is 31.3 Å². The summed E-state index contributed by atoms with van der Waals surface area (Å²) in [6.45, 7) is 0. The summed E-state index contributed by atoms with van der Waals surface area (Å²) in [6, 6.07) is 8.47. The molecule has 1 heterocycles. The van der Waals surface area contributed by atoms with Gasteiger partial charge in [0.25, 0.3) is 5.91 Å². The number of thiazole rings is 1. The maximum absolute atomic E-state index is 12.3. The first-order valence-electron chi connectivity index (χ1n) is 5.94. The first kappa shape index (κ1) is 14.1. The molecular weight excluding hydrogens is 329 g/mol. The summed E-state index contributed by atoms with van der Waals surface area (Å²) in [5.74, 6) is -0.363. The van der Waals surface area contributed by atoms with Crippen molar-refractivity contribution in [3.63, 3.8) is 0 Å². The van der Waals surface area contributed by atoms with Crippen LogP contribution in [0.15, 0.2) is 35.8 Å². The molecule has 3 aromatic rings. The van der Waals surface area contributed by atoms with Crippen LogP contribution in [0.4, 0.5) is 11.4 Å². The number of hydrogen-bond acceptors (Lipinski definition) is 4. The van der Waals surface area contributed by atoms with Crippen LogP contribution in [0.2, 0.25) is 10.0 Å². The van der Waals surface area contributed by atoms with Crippen LogP contribution in [-0.2, 0) is 0 Å². The first-order valence-corrected chi connectivity index (χ1v) is 7.57. The molecule has 1 amide bonds. The number of halogens is 2. The van der Waals surface area contributed by atoms with Gasteiger partial charge in [-0.15, -0.1) is 11.3 Å². The second kappa shape index (κ2) is 5.52. The highest BCUT2D eigenvalue weighted by Gasteiger charge is 2.14. The van der Waals surface area contributed by atoms with E-state index < -0.39 is 0 Å². The molecule has 21 heavy (non-hydrogen) atoms. The summed E-state index contributed by atoms with van der Waals surface area (Å²) < 4.78 is 0.990. The van der Waals surface area contributed by atoms with E-state index in [1.165, 1.54) is 23.5 Å². The Morgan fingerprint density at radius 2 is 2.05 bits per heavy atom. The number of benzene rings is 2. The molecule has 0 aliphatic carbocycles. The molecule has 0 unspecified atom stereocenters. The number of anilines is 2. The van der Waals surface area contributed by atoms with Crippen molar-refractivity contribution in [2.75, 3.05) is 11.1 Å². The third-order valence-electron chi connectivity index (χ3n) is 2.88. The molecule has 0 spiro atoms. The van der Waals surface area contributed by atoms with Gasteiger partial charge in [0.15, 0.2) is 0 Å². The Morgan fingerprint density at radius 3 is 2.86 bits per heavy atom. The van der Waals surface area contributed by atoms with E-state index in [4.69, 9.17) is 28.9 Å². The Bertz CT molecular complexity index is 847. The standard InChI is InChI=1S/C14H9Cl2N3OS/c15-10-4-7(17)3-9(13(10)16)14(20)19-8-1-2-11-12(5-8)21-6-18-11/h1-6H,17H2,(H,19,20). The molecule has 3 rings (SSSR count). The molecule has 1 aromatic heterocycles. The maximum atomic E-state index is 12.3. The zero-order valence-corrected chi connectivity index (χ0v) is 12.9. The third kappa shape index (κ3) is 2.81. The Labute approximate surface area is 134 Å². The number of carbonyl (C=O) groups is 1. The zero-order chi connectivity index (χ0) is 15.0. The predicted octanol–water partition coefficient (Wildman–Crippen LogP) is 4.44. The van der Waals surface area contributed by atoms with Crippen LogP contribution >= 0.6 is 34.5 Å². The molecular formula is C14H9Cl2N3OS. The Kier molecular flexibility index (Phi) is 3.71. The Hall–Kier alpha value is -1.82. The van der Waals surface area contributed by atoms with Gasteiger partial charge in [0.2, 0.25) is 0 Å². The monoisotopic (exact) mass is 337 g/mol. The van der Waals surface area contributed by atoms with E-state index in [9.17, 15) is 4.79 Å². The van der Waals surface area contributed by atoms with Gasteiger partial charge in [-0.2, -0.15) is 0 Å². The summed E-state index contributed by atoms with van der Waals surface area (Å²) in [6.07, 6.45) is 0. The molecule has 106 valence electrons. The van der Waals surface area contributed by atoms with Crippen LogP contribution in [0, 0.1) is 0 Å². The maximum Gasteiger partial charge on any atom is 0.257 e. The number of nitrogens with two attached hydrogens (primary N) is 1. The van der Waals surface area contributed by atoms with E-state index in [0.717, 1.165) is 10.2 Å². The second-order valence-corrected chi connectivity index (χ2v) is 6.02. The molecule has 0 saturated carbocycles. The summed E-state index contributed by atoms with van der Waals surface area (Å²) >= 11 is 13.5. The lowest BCUT2D eigenvalue weighted by atomic mass is 10.2. The molecule has 0 aliphatic heterocycles. The fourth-order valence-electron chi connectivity index (χ4n) is 1.91. The quantitative estimate of drug-likeness (QED) is 0.679. The highest BCUT2D eigenvalue weighted by Crippen LogP contribution is 2.29. The van der Waals surface area contributed by atoms with Crippen molar-refractivity contribution in [3.05, 3.63) is 51.5 Å². The van der Waals surface area contributed by atoms with Crippen LogP contribution < -0.4 is 11.1 Å². The molecule has 0 bridgehead atoms. The molecule has 0 fully saturated rings. The smallest absolute Gasteiger partial charge is 0.257 e. The predicted molar refractivity (Wildman–Crippen MR) is 88.4 cm³/mol. The van der Waals surface area contributed by atoms with E-state index in [2.05, 4.69) is 10.3 Å². The van der Waals surface area contributed by atoms with Crippen LogP contribution in [0.3, 0.4) is 0 Å². The number of nitrogen functional groups attached to an aromatic ring is 1. The second-order valence-electron chi connectivity index (χ2n) is 4.35. The van der Waals surface area contributed by atoms with Crippen molar-refractivity contribution in [2.24, 2.45) is 0 Å². The number of nitrogens with zero attached hydrogens (tertiary/aromatic N) is 1. The average Bonchev–Trinajstić information content (AvgIpc) is 2.90. The van der Waals surface area contributed by atoms with Crippen LogP contribution in [0.25, 0.3) is 10.2 Å².